The maximum atomic E-state index is 12.3. The van der Waals surface area contributed by atoms with Crippen molar-refractivity contribution in [1.82, 2.24) is 10.2 Å². The summed E-state index contributed by atoms with van der Waals surface area (Å²) >= 11 is 0. The number of nitrogens with zero attached hydrogens (tertiary/aromatic N) is 1. The first-order valence-corrected chi connectivity index (χ1v) is 9.64. The van der Waals surface area contributed by atoms with Gasteiger partial charge < -0.3 is 10.2 Å². The summed E-state index contributed by atoms with van der Waals surface area (Å²) in [6, 6.07) is 8.02. The molecule has 0 aliphatic heterocycles. The van der Waals surface area contributed by atoms with E-state index in [2.05, 4.69) is 17.4 Å². The Bertz CT molecular complexity index is 641. The highest BCUT2D eigenvalue weighted by atomic mass is 32.2. The van der Waals surface area contributed by atoms with Gasteiger partial charge in [0.25, 0.3) is 0 Å². The summed E-state index contributed by atoms with van der Waals surface area (Å²) in [4.78, 5) is 13.9. The highest BCUT2D eigenvalue weighted by Crippen LogP contribution is 2.33. The van der Waals surface area contributed by atoms with Crippen molar-refractivity contribution in [3.63, 3.8) is 0 Å². The van der Waals surface area contributed by atoms with E-state index in [-0.39, 0.29) is 24.4 Å². The first-order chi connectivity index (χ1) is 10.3. The average Bonchev–Trinajstić information content (AvgIpc) is 2.38. The minimum atomic E-state index is -3.07. The molecule has 122 valence electrons. The molecule has 1 aliphatic carbocycles. The highest BCUT2D eigenvalue weighted by molar-refractivity contribution is 7.90. The number of carbonyl (C=O) groups is 1. The largest absolute Gasteiger partial charge is 0.337 e. The maximum absolute atomic E-state index is 12.3. The predicted molar refractivity (Wildman–Crippen MR) is 87.8 cm³/mol. The van der Waals surface area contributed by atoms with Crippen molar-refractivity contribution >= 4 is 15.9 Å². The Balaban J connectivity index is 1.87. The molecule has 6 heteroatoms. The monoisotopic (exact) mass is 324 g/mol. The lowest BCUT2D eigenvalue weighted by Gasteiger charge is -2.32. The molecule has 22 heavy (non-hydrogen) atoms. The van der Waals surface area contributed by atoms with E-state index < -0.39 is 9.84 Å². The molecule has 2 rings (SSSR count). The van der Waals surface area contributed by atoms with E-state index >= 15 is 0 Å². The smallest absolute Gasteiger partial charge is 0.317 e. The van der Waals surface area contributed by atoms with Gasteiger partial charge in [0.15, 0.2) is 0 Å². The van der Waals surface area contributed by atoms with Crippen LogP contribution in [-0.4, -0.2) is 50.5 Å². The molecule has 0 radical (unpaired) electrons. The van der Waals surface area contributed by atoms with Crippen molar-refractivity contribution in [2.45, 2.75) is 32.2 Å². The lowest BCUT2D eigenvalue weighted by Crippen LogP contribution is -2.47. The van der Waals surface area contributed by atoms with E-state index in [1.165, 1.54) is 17.4 Å². The molecule has 1 aromatic carbocycles. The predicted octanol–water partition coefficient (Wildman–Crippen LogP) is 1.79. The van der Waals surface area contributed by atoms with E-state index in [0.717, 1.165) is 6.42 Å². The van der Waals surface area contributed by atoms with Crippen LogP contribution >= 0.6 is 0 Å². The average molecular weight is 324 g/mol. The van der Waals surface area contributed by atoms with Crippen LogP contribution in [0.5, 0.6) is 0 Å². The Morgan fingerprint density at radius 3 is 2.64 bits per heavy atom. The number of rotatable bonds is 6. The number of fused-ring (bicyclic) bond motifs is 1. The van der Waals surface area contributed by atoms with Gasteiger partial charge in [-0.2, -0.15) is 0 Å². The van der Waals surface area contributed by atoms with E-state index in [9.17, 15) is 13.2 Å². The van der Waals surface area contributed by atoms with Gasteiger partial charge in [-0.1, -0.05) is 24.3 Å². The SMILES string of the molecule is CC(C)N(CCS(C)(=O)=O)C(=O)NCC1Cc2ccccc21. The fraction of sp³-hybridized carbons (Fsp3) is 0.562. The number of amides is 2. The van der Waals surface area contributed by atoms with Crippen molar-refractivity contribution in [2.75, 3.05) is 25.1 Å². The summed E-state index contributed by atoms with van der Waals surface area (Å²) in [6.07, 6.45) is 2.18. The number of urea groups is 1. The number of sulfone groups is 1. The third kappa shape index (κ3) is 4.22. The lowest BCUT2D eigenvalue weighted by molar-refractivity contribution is 0.186. The van der Waals surface area contributed by atoms with Crippen molar-refractivity contribution < 1.29 is 13.2 Å². The zero-order valence-electron chi connectivity index (χ0n) is 13.4. The molecule has 1 aliphatic rings. The fourth-order valence-corrected chi connectivity index (χ4v) is 3.24. The standard InChI is InChI=1S/C16H24N2O3S/c1-12(2)18(8-9-22(3,20)21)16(19)17-11-14-10-13-6-4-5-7-15(13)14/h4-7,12,14H,8-11H2,1-3H3,(H,17,19). The topological polar surface area (TPSA) is 66.5 Å². The molecule has 1 atom stereocenters. The van der Waals surface area contributed by atoms with Crippen LogP contribution in [0.3, 0.4) is 0 Å². The van der Waals surface area contributed by atoms with E-state index in [4.69, 9.17) is 0 Å². The Kier molecular flexibility index (Phi) is 5.11. The van der Waals surface area contributed by atoms with Gasteiger partial charge in [-0.05, 0) is 31.4 Å². The van der Waals surface area contributed by atoms with Gasteiger partial charge in [-0.15, -0.1) is 0 Å². The van der Waals surface area contributed by atoms with E-state index in [1.807, 2.05) is 26.0 Å². The van der Waals surface area contributed by atoms with Crippen molar-refractivity contribution in [3.05, 3.63) is 35.4 Å². The van der Waals surface area contributed by atoms with Crippen LogP contribution in [-0.2, 0) is 16.3 Å². The molecule has 1 unspecified atom stereocenters. The molecular weight excluding hydrogens is 300 g/mol. The normalized spacial score (nSPS) is 16.8. The van der Waals surface area contributed by atoms with Crippen LogP contribution in [0.25, 0.3) is 0 Å². The Hall–Kier alpha value is -1.56. The zero-order chi connectivity index (χ0) is 16.3. The Labute approximate surface area is 132 Å². The van der Waals surface area contributed by atoms with Crippen molar-refractivity contribution in [1.29, 1.82) is 0 Å². The van der Waals surface area contributed by atoms with Crippen LogP contribution < -0.4 is 5.32 Å². The molecule has 2 amide bonds. The summed E-state index contributed by atoms with van der Waals surface area (Å²) < 4.78 is 22.6. The van der Waals surface area contributed by atoms with Crippen LogP contribution in [0.4, 0.5) is 4.79 Å². The number of benzene rings is 1. The molecule has 0 saturated heterocycles. The number of carbonyl (C=O) groups excluding carboxylic acids is 1. The van der Waals surface area contributed by atoms with Gasteiger partial charge in [0.2, 0.25) is 0 Å². The number of hydrogen-bond donors (Lipinski definition) is 1. The van der Waals surface area contributed by atoms with E-state index in [0.29, 0.717) is 12.5 Å². The molecule has 1 N–H and O–H groups in total. The molecule has 0 aromatic heterocycles. The van der Waals surface area contributed by atoms with Crippen molar-refractivity contribution in [2.24, 2.45) is 0 Å². The van der Waals surface area contributed by atoms with Gasteiger partial charge in [-0.3, -0.25) is 0 Å². The minimum absolute atomic E-state index is 0.00907. The quantitative estimate of drug-likeness (QED) is 0.867. The van der Waals surface area contributed by atoms with Gasteiger partial charge in [0.05, 0.1) is 5.75 Å². The van der Waals surface area contributed by atoms with Crippen LogP contribution in [0.15, 0.2) is 24.3 Å². The second kappa shape index (κ2) is 6.69. The van der Waals surface area contributed by atoms with E-state index in [1.54, 1.807) is 4.90 Å². The molecule has 0 heterocycles. The number of nitrogens with one attached hydrogen (secondary N) is 1. The maximum Gasteiger partial charge on any atom is 0.317 e. The summed E-state index contributed by atoms with van der Waals surface area (Å²) in [7, 11) is -3.07. The molecule has 0 spiro atoms. The van der Waals surface area contributed by atoms with Crippen molar-refractivity contribution in [3.8, 4) is 0 Å². The van der Waals surface area contributed by atoms with Gasteiger partial charge in [-0.25, -0.2) is 13.2 Å². The molecule has 1 aromatic rings. The van der Waals surface area contributed by atoms with Gasteiger partial charge in [0, 0.05) is 31.3 Å². The fourth-order valence-electron chi connectivity index (χ4n) is 2.72. The Morgan fingerprint density at radius 1 is 1.36 bits per heavy atom. The molecule has 0 saturated carbocycles. The first-order valence-electron chi connectivity index (χ1n) is 7.58. The second-order valence-electron chi connectivity index (χ2n) is 6.20. The number of hydrogen-bond acceptors (Lipinski definition) is 3. The van der Waals surface area contributed by atoms with Gasteiger partial charge in [0.1, 0.15) is 9.84 Å². The van der Waals surface area contributed by atoms with Crippen LogP contribution in [0.1, 0.15) is 30.9 Å². The molecular formula is C16H24N2O3S. The summed E-state index contributed by atoms with van der Waals surface area (Å²) in [5.41, 5.74) is 2.65. The third-order valence-corrected chi connectivity index (χ3v) is 4.97. The minimum Gasteiger partial charge on any atom is -0.337 e. The lowest BCUT2D eigenvalue weighted by atomic mass is 9.78. The first kappa shape index (κ1) is 16.8. The third-order valence-electron chi connectivity index (χ3n) is 4.05. The highest BCUT2D eigenvalue weighted by Gasteiger charge is 2.26. The van der Waals surface area contributed by atoms with Crippen LogP contribution in [0.2, 0.25) is 0 Å². The van der Waals surface area contributed by atoms with Gasteiger partial charge >= 0.3 is 6.03 Å². The summed E-state index contributed by atoms with van der Waals surface area (Å²) in [5.74, 6) is 0.356. The van der Waals surface area contributed by atoms with Crippen LogP contribution in [0, 0.1) is 0 Å². The molecule has 5 nitrogen and oxygen atoms in total. The Morgan fingerprint density at radius 2 is 2.05 bits per heavy atom. The second-order valence-corrected chi connectivity index (χ2v) is 8.46. The summed E-state index contributed by atoms with van der Waals surface area (Å²) in [6.45, 7) is 4.60. The molecule has 0 bridgehead atoms. The zero-order valence-corrected chi connectivity index (χ0v) is 14.2. The molecule has 0 fully saturated rings. The summed E-state index contributed by atoms with van der Waals surface area (Å²) in [5, 5.41) is 2.94.